The Labute approximate surface area is 169 Å². The van der Waals surface area contributed by atoms with Gasteiger partial charge in [-0.25, -0.2) is 0 Å². The fourth-order valence-electron chi connectivity index (χ4n) is 3.78. The van der Waals surface area contributed by atoms with Gasteiger partial charge in [0.1, 0.15) is 23.8 Å². The molecule has 1 saturated heterocycles. The van der Waals surface area contributed by atoms with E-state index in [4.69, 9.17) is 18.9 Å². The Balaban J connectivity index is 1.59. The topological polar surface area (TPSA) is 68.8 Å². The van der Waals surface area contributed by atoms with Crippen LogP contribution in [0.4, 0.5) is 5.69 Å². The van der Waals surface area contributed by atoms with E-state index in [1.54, 1.807) is 0 Å². The largest absolute Gasteiger partial charge is 0.493 e. The molecule has 152 valence electrons. The van der Waals surface area contributed by atoms with Gasteiger partial charge in [-0.05, 0) is 30.3 Å². The van der Waals surface area contributed by atoms with Crippen LogP contribution in [-0.4, -0.2) is 62.9 Å². The van der Waals surface area contributed by atoms with Gasteiger partial charge in [0.05, 0.1) is 31.9 Å². The fourth-order valence-corrected chi connectivity index (χ4v) is 3.78. The Morgan fingerprint density at radius 1 is 0.793 bits per heavy atom. The summed E-state index contributed by atoms with van der Waals surface area (Å²) in [6.45, 7) is 5.57. The van der Waals surface area contributed by atoms with Crippen LogP contribution < -0.4 is 14.4 Å². The molecule has 0 spiro atoms. The highest BCUT2D eigenvalue weighted by atomic mass is 16.5. The number of benzene rings is 2. The summed E-state index contributed by atoms with van der Waals surface area (Å²) < 4.78 is 23.1. The van der Waals surface area contributed by atoms with E-state index in [1.807, 2.05) is 18.2 Å². The molecule has 4 bridgehead atoms. The molecule has 3 aromatic rings. The fraction of sp³-hybridized carbons (Fsp3) is 0.409. The highest BCUT2D eigenvalue weighted by Crippen LogP contribution is 2.35. The van der Waals surface area contributed by atoms with Gasteiger partial charge in [-0.3, -0.25) is 5.10 Å². The minimum absolute atomic E-state index is 0.522. The van der Waals surface area contributed by atoms with Gasteiger partial charge in [-0.15, -0.1) is 0 Å². The van der Waals surface area contributed by atoms with Gasteiger partial charge in [0.25, 0.3) is 0 Å². The minimum atomic E-state index is 0.522. The van der Waals surface area contributed by atoms with E-state index in [0.717, 1.165) is 72.1 Å². The maximum atomic E-state index is 6.07. The molecule has 1 fully saturated rings. The normalized spacial score (nSPS) is 18.0. The predicted molar refractivity (Wildman–Crippen MR) is 111 cm³/mol. The third-order valence-corrected chi connectivity index (χ3v) is 5.27. The Morgan fingerprint density at radius 2 is 1.66 bits per heavy atom. The molecule has 2 aliphatic heterocycles. The Kier molecular flexibility index (Phi) is 5.23. The highest BCUT2D eigenvalue weighted by Gasteiger charge is 2.17. The summed E-state index contributed by atoms with van der Waals surface area (Å²) in [5.74, 6) is 1.67. The Morgan fingerprint density at radius 3 is 2.59 bits per heavy atom. The van der Waals surface area contributed by atoms with Gasteiger partial charge in [0.15, 0.2) is 0 Å². The number of fused-ring (bicyclic) bond motifs is 4. The molecule has 0 atom stereocenters. The SMILES string of the molecule is c1cc2[nH]nc3c2cc1OCCOCCCOc1cc-3cc(N2CCOCC2)c1. The number of morpholine rings is 1. The van der Waals surface area contributed by atoms with Gasteiger partial charge in [0, 0.05) is 48.8 Å². The zero-order valence-corrected chi connectivity index (χ0v) is 16.4. The number of aromatic nitrogens is 2. The van der Waals surface area contributed by atoms with Crippen LogP contribution in [-0.2, 0) is 9.47 Å². The number of nitrogens with zero attached hydrogens (tertiary/aromatic N) is 2. The molecule has 5 rings (SSSR count). The second-order valence-electron chi connectivity index (χ2n) is 7.26. The number of H-pyrrole nitrogens is 1. The third kappa shape index (κ3) is 4.02. The van der Waals surface area contributed by atoms with Crippen LogP contribution in [0.25, 0.3) is 22.2 Å². The molecule has 1 N–H and O–H groups in total. The van der Waals surface area contributed by atoms with Crippen molar-refractivity contribution in [2.75, 3.05) is 57.6 Å². The van der Waals surface area contributed by atoms with Crippen LogP contribution in [0.1, 0.15) is 6.42 Å². The van der Waals surface area contributed by atoms with Crippen molar-refractivity contribution in [1.82, 2.24) is 10.2 Å². The Bertz CT molecular complexity index is 981. The monoisotopic (exact) mass is 395 g/mol. The molecule has 3 heterocycles. The third-order valence-electron chi connectivity index (χ3n) is 5.27. The van der Waals surface area contributed by atoms with E-state index in [1.165, 1.54) is 0 Å². The molecular weight excluding hydrogens is 370 g/mol. The van der Waals surface area contributed by atoms with Crippen molar-refractivity contribution in [3.8, 4) is 22.8 Å². The molecule has 7 nitrogen and oxygen atoms in total. The van der Waals surface area contributed by atoms with Crippen molar-refractivity contribution in [2.24, 2.45) is 0 Å². The number of ether oxygens (including phenoxy) is 4. The lowest BCUT2D eigenvalue weighted by molar-refractivity contribution is 0.0905. The Hall–Kier alpha value is -2.77. The zero-order chi connectivity index (χ0) is 19.5. The number of nitrogens with one attached hydrogen (secondary N) is 1. The standard InChI is InChI=1S/C22H25N3O4/c1-6-26-10-11-29-18-2-3-21-20(15-18)22(24-23-21)16-12-17(14-19(13-16)28-7-1)25-4-8-27-9-5-25/h2-3,12-15H,1,4-11H2,(H,23,24). The maximum absolute atomic E-state index is 6.07. The molecule has 2 aromatic carbocycles. The van der Waals surface area contributed by atoms with Gasteiger partial charge < -0.3 is 23.8 Å². The van der Waals surface area contributed by atoms with Crippen LogP contribution in [0.2, 0.25) is 0 Å². The summed E-state index contributed by atoms with van der Waals surface area (Å²) in [4.78, 5) is 2.33. The van der Waals surface area contributed by atoms with Crippen LogP contribution in [0.5, 0.6) is 11.5 Å². The first-order valence-corrected chi connectivity index (χ1v) is 10.2. The van der Waals surface area contributed by atoms with Gasteiger partial charge in [0.2, 0.25) is 0 Å². The lowest BCUT2D eigenvalue weighted by atomic mass is 10.1. The van der Waals surface area contributed by atoms with Gasteiger partial charge in [-0.1, -0.05) is 0 Å². The second kappa shape index (κ2) is 8.31. The van der Waals surface area contributed by atoms with Gasteiger partial charge >= 0.3 is 0 Å². The average molecular weight is 395 g/mol. The first kappa shape index (κ1) is 18.3. The molecule has 0 amide bonds. The number of aromatic amines is 1. The van der Waals surface area contributed by atoms with Crippen LogP contribution in [0.15, 0.2) is 36.4 Å². The molecular formula is C22H25N3O4. The molecule has 2 aliphatic rings. The van der Waals surface area contributed by atoms with E-state index in [2.05, 4.69) is 33.3 Å². The molecule has 0 radical (unpaired) electrons. The van der Waals surface area contributed by atoms with Crippen molar-refractivity contribution >= 4 is 16.6 Å². The molecule has 0 unspecified atom stereocenters. The predicted octanol–water partition coefficient (Wildman–Crippen LogP) is 3.24. The summed E-state index contributed by atoms with van der Waals surface area (Å²) in [7, 11) is 0. The average Bonchev–Trinajstić information content (AvgIpc) is 3.19. The second-order valence-corrected chi connectivity index (χ2v) is 7.26. The van der Waals surface area contributed by atoms with Crippen molar-refractivity contribution in [3.63, 3.8) is 0 Å². The van der Waals surface area contributed by atoms with Crippen molar-refractivity contribution < 1.29 is 18.9 Å². The lowest BCUT2D eigenvalue weighted by Crippen LogP contribution is -2.36. The molecule has 0 saturated carbocycles. The summed E-state index contributed by atoms with van der Waals surface area (Å²) in [6, 6.07) is 12.4. The molecule has 29 heavy (non-hydrogen) atoms. The number of anilines is 1. The molecule has 0 aliphatic carbocycles. The minimum Gasteiger partial charge on any atom is -0.493 e. The zero-order valence-electron chi connectivity index (χ0n) is 16.4. The van der Waals surface area contributed by atoms with E-state index >= 15 is 0 Å². The van der Waals surface area contributed by atoms with E-state index < -0.39 is 0 Å². The summed E-state index contributed by atoms with van der Waals surface area (Å²) in [6.07, 6.45) is 0.831. The molecule has 1 aromatic heterocycles. The number of rotatable bonds is 1. The molecule has 7 heteroatoms. The van der Waals surface area contributed by atoms with Crippen LogP contribution in [0, 0.1) is 0 Å². The number of hydrogen-bond donors (Lipinski definition) is 1. The lowest BCUT2D eigenvalue weighted by Gasteiger charge is -2.29. The first-order chi connectivity index (χ1) is 14.4. The van der Waals surface area contributed by atoms with E-state index in [9.17, 15) is 0 Å². The van der Waals surface area contributed by atoms with Crippen LogP contribution in [0.3, 0.4) is 0 Å². The van der Waals surface area contributed by atoms with Crippen LogP contribution >= 0.6 is 0 Å². The highest BCUT2D eigenvalue weighted by molar-refractivity contribution is 5.94. The van der Waals surface area contributed by atoms with E-state index in [-0.39, 0.29) is 0 Å². The summed E-state index contributed by atoms with van der Waals surface area (Å²) in [5.41, 5.74) is 4.03. The van der Waals surface area contributed by atoms with Crippen molar-refractivity contribution in [1.29, 1.82) is 0 Å². The maximum Gasteiger partial charge on any atom is 0.122 e. The van der Waals surface area contributed by atoms with Crippen molar-refractivity contribution in [2.45, 2.75) is 6.42 Å². The number of hydrogen-bond acceptors (Lipinski definition) is 6. The van der Waals surface area contributed by atoms with Gasteiger partial charge in [-0.2, -0.15) is 5.10 Å². The van der Waals surface area contributed by atoms with Crippen molar-refractivity contribution in [3.05, 3.63) is 36.4 Å². The first-order valence-electron chi connectivity index (χ1n) is 10.2. The summed E-state index contributed by atoms with van der Waals surface area (Å²) in [5, 5.41) is 8.77. The summed E-state index contributed by atoms with van der Waals surface area (Å²) >= 11 is 0. The smallest absolute Gasteiger partial charge is 0.122 e. The quantitative estimate of drug-likeness (QED) is 0.682. The van der Waals surface area contributed by atoms with E-state index in [0.29, 0.717) is 26.4 Å².